The summed E-state index contributed by atoms with van der Waals surface area (Å²) < 4.78 is 5.08. The van der Waals surface area contributed by atoms with Crippen molar-refractivity contribution in [2.75, 3.05) is 19.7 Å². The molecular formula is C20H29IN4O3S. The van der Waals surface area contributed by atoms with Gasteiger partial charge in [-0.3, -0.25) is 4.99 Å². The molecule has 1 atom stereocenters. The molecule has 0 aliphatic rings. The number of nitrogens with zero attached hydrogens (tertiary/aromatic N) is 2. The third-order valence-corrected chi connectivity index (χ3v) is 5.24. The maximum Gasteiger partial charge on any atom is 0.350 e. The lowest BCUT2D eigenvalue weighted by Gasteiger charge is -2.16. The summed E-state index contributed by atoms with van der Waals surface area (Å²) in [4.78, 5) is 21.6. The fourth-order valence-corrected chi connectivity index (χ4v) is 3.55. The Hall–Kier alpha value is -1.88. The smallest absolute Gasteiger partial charge is 0.350 e. The summed E-state index contributed by atoms with van der Waals surface area (Å²) in [7, 11) is 0. The molecule has 7 nitrogen and oxygen atoms in total. The number of ether oxygens (including phenoxy) is 1. The molecular weight excluding hydrogens is 503 g/mol. The van der Waals surface area contributed by atoms with E-state index in [2.05, 4.69) is 20.6 Å². The van der Waals surface area contributed by atoms with Crippen LogP contribution < -0.4 is 10.6 Å². The topological polar surface area (TPSA) is 95.8 Å². The first kappa shape index (κ1) is 25.2. The molecule has 0 saturated heterocycles. The number of aromatic nitrogens is 1. The van der Waals surface area contributed by atoms with Crippen molar-refractivity contribution in [2.24, 2.45) is 4.99 Å². The van der Waals surface area contributed by atoms with Gasteiger partial charge in [-0.1, -0.05) is 12.1 Å². The largest absolute Gasteiger partial charge is 0.508 e. The van der Waals surface area contributed by atoms with E-state index in [0.717, 1.165) is 23.5 Å². The fourth-order valence-electron chi connectivity index (χ4n) is 2.58. The Labute approximate surface area is 193 Å². The molecule has 0 aliphatic carbocycles. The summed E-state index contributed by atoms with van der Waals surface area (Å²) in [5, 5.41) is 16.9. The van der Waals surface area contributed by atoms with Crippen LogP contribution in [-0.2, 0) is 11.2 Å². The number of aromatic hydroxyl groups is 1. The predicted molar refractivity (Wildman–Crippen MR) is 128 cm³/mol. The van der Waals surface area contributed by atoms with Gasteiger partial charge in [0.1, 0.15) is 15.6 Å². The number of nitrogens with one attached hydrogen (secondary N) is 2. The number of halogens is 1. The van der Waals surface area contributed by atoms with Crippen LogP contribution in [0.25, 0.3) is 0 Å². The zero-order chi connectivity index (χ0) is 20.5. The van der Waals surface area contributed by atoms with Crippen LogP contribution in [0.3, 0.4) is 0 Å². The highest BCUT2D eigenvalue weighted by Crippen LogP contribution is 2.24. The van der Waals surface area contributed by atoms with Crippen LogP contribution in [0, 0.1) is 6.92 Å². The van der Waals surface area contributed by atoms with Gasteiger partial charge in [0.05, 0.1) is 18.3 Å². The van der Waals surface area contributed by atoms with Crippen LogP contribution in [0.2, 0.25) is 0 Å². The van der Waals surface area contributed by atoms with Gasteiger partial charge in [-0.05, 0) is 51.8 Å². The number of benzene rings is 1. The average molecular weight is 532 g/mol. The van der Waals surface area contributed by atoms with E-state index in [0.29, 0.717) is 29.7 Å². The Morgan fingerprint density at radius 3 is 2.79 bits per heavy atom. The van der Waals surface area contributed by atoms with Gasteiger partial charge < -0.3 is 20.5 Å². The molecule has 3 N–H and O–H groups in total. The minimum absolute atomic E-state index is 0. The zero-order valence-corrected chi connectivity index (χ0v) is 20.3. The van der Waals surface area contributed by atoms with E-state index in [1.165, 1.54) is 11.3 Å². The Bertz CT molecular complexity index is 826. The Balaban J connectivity index is 0.00000420. The highest BCUT2D eigenvalue weighted by Gasteiger charge is 2.20. The van der Waals surface area contributed by atoms with Gasteiger partial charge in [0.15, 0.2) is 5.96 Å². The van der Waals surface area contributed by atoms with Crippen LogP contribution in [0.4, 0.5) is 0 Å². The number of phenols is 1. The summed E-state index contributed by atoms with van der Waals surface area (Å²) in [6.07, 6.45) is 0.725. The van der Waals surface area contributed by atoms with Crippen molar-refractivity contribution in [3.63, 3.8) is 0 Å². The van der Waals surface area contributed by atoms with Crippen LogP contribution in [-0.4, -0.2) is 41.7 Å². The van der Waals surface area contributed by atoms with E-state index >= 15 is 0 Å². The van der Waals surface area contributed by atoms with Crippen LogP contribution in [0.15, 0.2) is 29.3 Å². The van der Waals surface area contributed by atoms with Crippen molar-refractivity contribution in [1.82, 2.24) is 15.6 Å². The minimum atomic E-state index is -0.331. The Morgan fingerprint density at radius 1 is 1.38 bits per heavy atom. The quantitative estimate of drug-likeness (QED) is 0.207. The number of hydrogen-bond donors (Lipinski definition) is 3. The van der Waals surface area contributed by atoms with Crippen LogP contribution >= 0.6 is 35.3 Å². The number of thiazole rings is 1. The first-order valence-corrected chi connectivity index (χ1v) is 10.2. The molecule has 0 amide bonds. The van der Waals surface area contributed by atoms with Crippen molar-refractivity contribution in [1.29, 1.82) is 0 Å². The molecule has 1 aromatic heterocycles. The summed E-state index contributed by atoms with van der Waals surface area (Å²) in [6.45, 7) is 9.24. The Kier molecular flexibility index (Phi) is 11.0. The van der Waals surface area contributed by atoms with Crippen molar-refractivity contribution >= 4 is 47.2 Å². The van der Waals surface area contributed by atoms with Gasteiger partial charge >= 0.3 is 5.97 Å². The van der Waals surface area contributed by atoms with E-state index in [1.807, 2.05) is 32.9 Å². The van der Waals surface area contributed by atoms with Crippen molar-refractivity contribution in [3.05, 3.63) is 45.4 Å². The van der Waals surface area contributed by atoms with E-state index in [9.17, 15) is 9.90 Å². The Morgan fingerprint density at radius 2 is 2.14 bits per heavy atom. The number of phenolic OH excluding ortho intramolecular Hbond substituents is 1. The summed E-state index contributed by atoms with van der Waals surface area (Å²) in [5.41, 5.74) is 1.71. The van der Waals surface area contributed by atoms with Gasteiger partial charge in [0.25, 0.3) is 0 Å². The maximum absolute atomic E-state index is 12.0. The average Bonchev–Trinajstić information content (AvgIpc) is 3.04. The second-order valence-electron chi connectivity index (χ2n) is 6.23. The van der Waals surface area contributed by atoms with E-state index in [-0.39, 0.29) is 41.7 Å². The first-order chi connectivity index (χ1) is 13.4. The summed E-state index contributed by atoms with van der Waals surface area (Å²) in [6, 6.07) is 7.08. The summed E-state index contributed by atoms with van der Waals surface area (Å²) >= 11 is 1.34. The third kappa shape index (κ3) is 7.81. The standard InChI is InChI=1S/C20H28N4O3S.HI/c1-5-21-20(22-11-10-15-8-7-9-16(25)12-15)24-14(4)18-23-13(3)17(28-18)19(26)27-6-2;/h7-9,12,14,25H,5-6,10-11H2,1-4H3,(H2,21,22,24);1H. The number of rotatable bonds is 8. The number of guanidine groups is 1. The molecule has 29 heavy (non-hydrogen) atoms. The number of carbonyl (C=O) groups excluding carboxylic acids is 1. The molecule has 0 fully saturated rings. The van der Waals surface area contributed by atoms with E-state index in [4.69, 9.17) is 4.74 Å². The van der Waals surface area contributed by atoms with Crippen LogP contribution in [0.5, 0.6) is 5.75 Å². The monoisotopic (exact) mass is 532 g/mol. The molecule has 2 aromatic rings. The summed E-state index contributed by atoms with van der Waals surface area (Å²) in [5.74, 6) is 0.611. The normalized spacial score (nSPS) is 12.1. The number of carbonyl (C=O) groups is 1. The van der Waals surface area contributed by atoms with Gasteiger partial charge in [0.2, 0.25) is 0 Å². The lowest BCUT2D eigenvalue weighted by molar-refractivity contribution is 0.0531. The van der Waals surface area contributed by atoms with Gasteiger partial charge in [-0.15, -0.1) is 35.3 Å². The molecule has 0 saturated carbocycles. The van der Waals surface area contributed by atoms with Crippen molar-refractivity contribution in [2.45, 2.75) is 40.2 Å². The second-order valence-corrected chi connectivity index (χ2v) is 7.26. The van der Waals surface area contributed by atoms with E-state index in [1.54, 1.807) is 19.1 Å². The van der Waals surface area contributed by atoms with Gasteiger partial charge in [-0.25, -0.2) is 9.78 Å². The molecule has 1 unspecified atom stereocenters. The molecule has 0 bridgehead atoms. The molecule has 9 heteroatoms. The zero-order valence-electron chi connectivity index (χ0n) is 17.2. The highest BCUT2D eigenvalue weighted by molar-refractivity contribution is 14.0. The molecule has 0 aliphatic heterocycles. The maximum atomic E-state index is 12.0. The lowest BCUT2D eigenvalue weighted by Crippen LogP contribution is -2.38. The number of aryl methyl sites for hydroxylation is 1. The molecule has 160 valence electrons. The lowest BCUT2D eigenvalue weighted by atomic mass is 10.1. The van der Waals surface area contributed by atoms with Crippen molar-refractivity contribution in [3.8, 4) is 5.75 Å². The number of esters is 1. The molecule has 1 heterocycles. The van der Waals surface area contributed by atoms with Crippen LogP contribution in [0.1, 0.15) is 52.7 Å². The number of hydrogen-bond acceptors (Lipinski definition) is 6. The molecule has 0 radical (unpaired) electrons. The fraction of sp³-hybridized carbons (Fsp3) is 0.450. The SMILES string of the molecule is CCNC(=NCCc1cccc(O)c1)NC(C)c1nc(C)c(C(=O)OCC)s1.I. The first-order valence-electron chi connectivity index (χ1n) is 9.41. The molecule has 1 aromatic carbocycles. The second kappa shape index (κ2) is 12.6. The number of aliphatic imine (C=N–C) groups is 1. The molecule has 2 rings (SSSR count). The minimum Gasteiger partial charge on any atom is -0.508 e. The predicted octanol–water partition coefficient (Wildman–Crippen LogP) is 3.81. The third-order valence-electron chi connectivity index (χ3n) is 3.92. The highest BCUT2D eigenvalue weighted by atomic mass is 127. The van der Waals surface area contributed by atoms with E-state index < -0.39 is 0 Å². The van der Waals surface area contributed by atoms with Gasteiger partial charge in [0, 0.05) is 13.1 Å². The van der Waals surface area contributed by atoms with Crippen molar-refractivity contribution < 1.29 is 14.6 Å². The van der Waals surface area contributed by atoms with Gasteiger partial charge in [-0.2, -0.15) is 0 Å². The molecule has 0 spiro atoms.